The summed E-state index contributed by atoms with van der Waals surface area (Å²) >= 11 is 1.45. The van der Waals surface area contributed by atoms with Crippen LogP contribution in [0.1, 0.15) is 28.0 Å². The molecule has 0 saturated heterocycles. The first-order valence-electron chi connectivity index (χ1n) is 10.2. The molecule has 2 atom stereocenters. The number of carbonyl (C=O) groups is 2. The molecule has 0 saturated carbocycles. The Bertz CT molecular complexity index is 1120. The van der Waals surface area contributed by atoms with Crippen molar-refractivity contribution in [3.05, 3.63) is 88.1 Å². The van der Waals surface area contributed by atoms with Gasteiger partial charge >= 0.3 is 0 Å². The van der Waals surface area contributed by atoms with Crippen LogP contribution in [0.5, 0.6) is 0 Å². The van der Waals surface area contributed by atoms with E-state index in [1.54, 1.807) is 0 Å². The number of hydrogen-bond acceptors (Lipinski definition) is 9. The molecule has 0 aliphatic carbocycles. The number of anilines is 1. The fourth-order valence-corrected chi connectivity index (χ4v) is 3.84. The Morgan fingerprint density at radius 2 is 1.88 bits per heavy atom. The molecule has 11 nitrogen and oxygen atoms in total. The lowest BCUT2D eigenvalue weighted by atomic mass is 10.2. The Balaban J connectivity index is 1.69. The highest BCUT2D eigenvalue weighted by Crippen LogP contribution is 2.18. The molecule has 0 bridgehead atoms. The van der Waals surface area contributed by atoms with Gasteiger partial charge < -0.3 is 25.9 Å². The van der Waals surface area contributed by atoms with Gasteiger partial charge in [0, 0.05) is 29.3 Å². The zero-order chi connectivity index (χ0) is 24.5. The molecule has 0 radical (unpaired) electrons. The fraction of sp³-hybridized carbons (Fsp3) is 0.227. The minimum Gasteiger partial charge on any atom is -0.446 e. The van der Waals surface area contributed by atoms with E-state index in [-0.39, 0.29) is 23.0 Å². The normalized spacial score (nSPS) is 12.5. The molecule has 178 valence electrons. The molecule has 1 heterocycles. The molecule has 2 aromatic carbocycles. The second kappa shape index (κ2) is 11.9. The van der Waals surface area contributed by atoms with Gasteiger partial charge in [0.1, 0.15) is 18.3 Å². The van der Waals surface area contributed by atoms with Crippen LogP contribution in [0.4, 0.5) is 11.4 Å². The van der Waals surface area contributed by atoms with E-state index in [2.05, 4.69) is 15.6 Å². The van der Waals surface area contributed by atoms with Crippen LogP contribution in [-0.2, 0) is 10.5 Å². The minimum atomic E-state index is -0.942. The predicted octanol–water partition coefficient (Wildman–Crippen LogP) is 2.25. The van der Waals surface area contributed by atoms with E-state index >= 15 is 0 Å². The van der Waals surface area contributed by atoms with E-state index in [1.165, 1.54) is 36.0 Å². The van der Waals surface area contributed by atoms with Crippen LogP contribution in [-0.4, -0.2) is 45.2 Å². The van der Waals surface area contributed by atoms with Crippen LogP contribution in [0.3, 0.4) is 0 Å². The summed E-state index contributed by atoms with van der Waals surface area (Å²) in [6.07, 6.45) is 1.10. The molecular formula is C22H23N5O6S. The van der Waals surface area contributed by atoms with E-state index in [1.807, 2.05) is 30.3 Å². The third-order valence-corrected chi connectivity index (χ3v) is 5.74. The standard InChI is InChI=1S/C22H23N5O6S/c23-17(10-28)22-26-18(11-33-22)20(29)25-19(13-34-12-14-4-2-1-3-5-14)21(30)24-15-6-8-16(9-7-15)27(31)32/h1-9,11,17,19,28H,10,12-13,23H2,(H,24,30)(H,25,29). The third-order valence-electron chi connectivity index (χ3n) is 4.63. The number of oxazole rings is 1. The lowest BCUT2D eigenvalue weighted by Crippen LogP contribution is -2.45. The predicted molar refractivity (Wildman–Crippen MR) is 126 cm³/mol. The molecule has 0 aliphatic rings. The number of aromatic nitrogens is 1. The monoisotopic (exact) mass is 485 g/mol. The number of nitro benzene ring substituents is 1. The molecule has 1 aromatic heterocycles. The Morgan fingerprint density at radius 3 is 2.53 bits per heavy atom. The molecule has 0 spiro atoms. The largest absolute Gasteiger partial charge is 0.446 e. The Kier molecular flexibility index (Phi) is 8.73. The smallest absolute Gasteiger partial charge is 0.273 e. The number of nitrogens with one attached hydrogen (secondary N) is 2. The van der Waals surface area contributed by atoms with E-state index in [0.717, 1.165) is 11.8 Å². The van der Waals surface area contributed by atoms with Gasteiger partial charge in [-0.15, -0.1) is 0 Å². The summed E-state index contributed by atoms with van der Waals surface area (Å²) in [5.74, 6) is -0.279. The van der Waals surface area contributed by atoms with Gasteiger partial charge in [-0.2, -0.15) is 11.8 Å². The number of rotatable bonds is 11. The van der Waals surface area contributed by atoms with Gasteiger partial charge in [0.15, 0.2) is 5.69 Å². The first-order chi connectivity index (χ1) is 16.4. The number of amides is 2. The number of benzene rings is 2. The van der Waals surface area contributed by atoms with Crippen molar-refractivity contribution in [1.29, 1.82) is 0 Å². The zero-order valence-corrected chi connectivity index (χ0v) is 18.7. The maximum absolute atomic E-state index is 12.9. The maximum atomic E-state index is 12.9. The number of hydrogen-bond donors (Lipinski definition) is 4. The minimum absolute atomic E-state index is 0.00187. The average molecular weight is 486 g/mol. The first-order valence-corrected chi connectivity index (χ1v) is 11.3. The van der Waals surface area contributed by atoms with Crippen LogP contribution in [0.25, 0.3) is 0 Å². The molecule has 3 rings (SSSR count). The van der Waals surface area contributed by atoms with Crippen LogP contribution in [0.15, 0.2) is 65.3 Å². The van der Waals surface area contributed by atoms with Crippen LogP contribution in [0.2, 0.25) is 0 Å². The molecular weight excluding hydrogens is 462 g/mol. The Morgan fingerprint density at radius 1 is 1.18 bits per heavy atom. The number of aliphatic hydroxyl groups is 1. The van der Waals surface area contributed by atoms with Gasteiger partial charge in [0.05, 0.1) is 11.5 Å². The van der Waals surface area contributed by atoms with Gasteiger partial charge in [-0.1, -0.05) is 30.3 Å². The van der Waals surface area contributed by atoms with Crippen molar-refractivity contribution >= 4 is 35.0 Å². The second-order valence-corrected chi connectivity index (χ2v) is 8.21. The lowest BCUT2D eigenvalue weighted by Gasteiger charge is -2.18. The number of carbonyl (C=O) groups excluding carboxylic acids is 2. The van der Waals surface area contributed by atoms with Crippen molar-refractivity contribution in [2.75, 3.05) is 17.7 Å². The van der Waals surface area contributed by atoms with Gasteiger partial charge in [-0.3, -0.25) is 19.7 Å². The number of nitrogens with zero attached hydrogens (tertiary/aromatic N) is 2. The van der Waals surface area contributed by atoms with Crippen molar-refractivity contribution in [3.8, 4) is 0 Å². The fourth-order valence-electron chi connectivity index (χ4n) is 2.82. The summed E-state index contributed by atoms with van der Waals surface area (Å²) in [7, 11) is 0. The Labute approximate surface area is 198 Å². The van der Waals surface area contributed by atoms with Crippen molar-refractivity contribution in [2.24, 2.45) is 5.73 Å². The molecule has 0 aliphatic heterocycles. The van der Waals surface area contributed by atoms with E-state index in [9.17, 15) is 19.7 Å². The highest BCUT2D eigenvalue weighted by Gasteiger charge is 2.24. The average Bonchev–Trinajstić information content (AvgIpc) is 3.34. The maximum Gasteiger partial charge on any atom is 0.273 e. The molecule has 0 fully saturated rings. The number of aliphatic hydroxyl groups excluding tert-OH is 1. The van der Waals surface area contributed by atoms with E-state index < -0.39 is 35.4 Å². The quantitative estimate of drug-likeness (QED) is 0.234. The summed E-state index contributed by atoms with van der Waals surface area (Å²) in [6.45, 7) is -0.405. The SMILES string of the molecule is NC(CO)c1nc(C(=O)NC(CSCc2ccccc2)C(=O)Nc2ccc([N+](=O)[O-])cc2)co1. The van der Waals surface area contributed by atoms with Crippen LogP contribution < -0.4 is 16.4 Å². The topological polar surface area (TPSA) is 174 Å². The van der Waals surface area contributed by atoms with E-state index in [0.29, 0.717) is 11.4 Å². The molecule has 5 N–H and O–H groups in total. The highest BCUT2D eigenvalue weighted by molar-refractivity contribution is 7.98. The zero-order valence-electron chi connectivity index (χ0n) is 17.9. The summed E-state index contributed by atoms with van der Waals surface area (Å²) in [4.78, 5) is 39.9. The summed E-state index contributed by atoms with van der Waals surface area (Å²) in [5.41, 5.74) is 6.87. The lowest BCUT2D eigenvalue weighted by molar-refractivity contribution is -0.384. The van der Waals surface area contributed by atoms with Crippen molar-refractivity contribution < 1.29 is 24.0 Å². The van der Waals surface area contributed by atoms with Crippen LogP contribution in [0, 0.1) is 10.1 Å². The number of nitro groups is 1. The highest BCUT2D eigenvalue weighted by atomic mass is 32.2. The number of non-ortho nitro benzene ring substituents is 1. The Hall–Kier alpha value is -3.74. The van der Waals surface area contributed by atoms with Gasteiger partial charge in [0.25, 0.3) is 11.6 Å². The van der Waals surface area contributed by atoms with Crippen molar-refractivity contribution in [1.82, 2.24) is 10.3 Å². The van der Waals surface area contributed by atoms with E-state index in [4.69, 9.17) is 15.3 Å². The molecule has 3 aromatic rings. The van der Waals surface area contributed by atoms with Crippen molar-refractivity contribution in [2.45, 2.75) is 17.8 Å². The number of thioether (sulfide) groups is 1. The van der Waals surface area contributed by atoms with Gasteiger partial charge in [0.2, 0.25) is 11.8 Å². The third kappa shape index (κ3) is 6.88. The van der Waals surface area contributed by atoms with Crippen LogP contribution >= 0.6 is 11.8 Å². The van der Waals surface area contributed by atoms with Crippen molar-refractivity contribution in [3.63, 3.8) is 0 Å². The molecule has 2 unspecified atom stereocenters. The van der Waals surface area contributed by atoms with Gasteiger partial charge in [-0.05, 0) is 17.7 Å². The van der Waals surface area contributed by atoms with Gasteiger partial charge in [-0.25, -0.2) is 4.98 Å². The first kappa shape index (κ1) is 24.9. The molecule has 12 heteroatoms. The summed E-state index contributed by atoms with van der Waals surface area (Å²) < 4.78 is 5.13. The summed E-state index contributed by atoms with van der Waals surface area (Å²) in [5, 5.41) is 25.2. The number of nitrogens with two attached hydrogens (primary N) is 1. The molecule has 34 heavy (non-hydrogen) atoms. The summed E-state index contributed by atoms with van der Waals surface area (Å²) in [6, 6.07) is 13.2. The molecule has 2 amide bonds. The second-order valence-electron chi connectivity index (χ2n) is 7.18.